The summed E-state index contributed by atoms with van der Waals surface area (Å²) >= 11 is 0. The van der Waals surface area contributed by atoms with Crippen LogP contribution in [-0.4, -0.2) is 16.8 Å². The second-order valence-electron chi connectivity index (χ2n) is 23.4. The summed E-state index contributed by atoms with van der Waals surface area (Å²) < 4.78 is 30.0. The maximum Gasteiger partial charge on any atom is 0.261 e. The number of benzene rings is 11. The van der Waals surface area contributed by atoms with Gasteiger partial charge < -0.3 is 28.1 Å². The Bertz CT molecular complexity index is 5030. The van der Waals surface area contributed by atoms with Gasteiger partial charge in [-0.05, 0) is 120 Å². The van der Waals surface area contributed by atoms with Crippen molar-refractivity contribution < 1.29 is 32.4 Å². The zero-order valence-corrected chi connectivity index (χ0v) is 47.9. The Morgan fingerprint density at radius 2 is 0.892 bits per heavy atom. The smallest absolute Gasteiger partial charge is 0.261 e. The molecule has 410 valence electrons. The van der Waals surface area contributed by atoms with Crippen LogP contribution in [0.1, 0.15) is 146 Å². The summed E-state index contributed by atoms with van der Waals surface area (Å²) in [6.07, 6.45) is -1.51. The minimum Gasteiger partial charge on any atom is -0.456 e. The van der Waals surface area contributed by atoms with Crippen LogP contribution in [0.3, 0.4) is 0 Å². The van der Waals surface area contributed by atoms with Gasteiger partial charge in [0.25, 0.3) is 5.91 Å². The fourth-order valence-electron chi connectivity index (χ4n) is 13.4. The van der Waals surface area contributed by atoms with E-state index in [0.29, 0.717) is 110 Å². The summed E-state index contributed by atoms with van der Waals surface area (Å²) in [6, 6.07) is 51.3. The lowest BCUT2D eigenvalue weighted by Gasteiger charge is -2.37. The van der Waals surface area contributed by atoms with Gasteiger partial charge in [0, 0.05) is 87.7 Å². The van der Waals surface area contributed by atoms with Gasteiger partial charge >= 0.3 is 0 Å². The molecule has 2 unspecified atom stereocenters. The first-order chi connectivity index (χ1) is 40.1. The minimum absolute atomic E-state index is 0.0348. The molecule has 13 aromatic rings. The van der Waals surface area contributed by atoms with Crippen molar-refractivity contribution in [2.75, 3.05) is 10.2 Å². The highest BCUT2D eigenvalue weighted by Gasteiger charge is 2.40. The van der Waals surface area contributed by atoms with Crippen LogP contribution in [0.5, 0.6) is 0 Å². The number of ketones is 1. The molecule has 0 fully saturated rings. The summed E-state index contributed by atoms with van der Waals surface area (Å²) in [4.78, 5) is 32.7. The van der Waals surface area contributed by atoms with Gasteiger partial charge in [-0.2, -0.15) is 0 Å². The number of amides is 1. The van der Waals surface area contributed by atoms with E-state index in [-0.39, 0.29) is 23.5 Å². The van der Waals surface area contributed by atoms with Gasteiger partial charge in [0.2, 0.25) is 0 Å². The highest BCUT2D eigenvalue weighted by atomic mass is 16.3. The standard InChI is InChI=1S/C74H62N2O7/c1-37(2)43-25-19-26-44(38(3)4)71(43)75-41(9)51-33-59-65-67-61(82-57-31-17-13-23-49(57)47-21-11-15-29-55(47)80-59)35-53-64-54(74(79)76(73(53)78)72-45(39(5)6)27-20-28-46(72)40(7)8)36-62-68(70(64)67)66-60(34-52(42(10)77)63(51)69(65)66)81-56-30-16-12-22-48(56)50-24-14-18-32-58(50)83-62/h11-38,40-41,74-75,79H,5H2,1-4,6-10H3. The number of carbonyl (C=O) groups excluding carboxylic acids is 2. The molecule has 2 aromatic heterocycles. The highest BCUT2D eigenvalue weighted by molar-refractivity contribution is 6.45. The molecule has 0 saturated heterocycles. The Balaban J connectivity index is 1.30. The Kier molecular flexibility index (Phi) is 12.1. The average Bonchev–Trinajstić information content (AvgIpc) is 0.840. The Hall–Kier alpha value is -9.44. The molecule has 3 heterocycles. The fourth-order valence-corrected chi connectivity index (χ4v) is 13.4. The maximum atomic E-state index is 16.3. The summed E-state index contributed by atoms with van der Waals surface area (Å²) in [5, 5.41) is 25.5. The normalized spacial score (nSPS) is 14.2. The van der Waals surface area contributed by atoms with Gasteiger partial charge in [-0.15, -0.1) is 0 Å². The van der Waals surface area contributed by atoms with Crippen LogP contribution >= 0.6 is 0 Å². The largest absolute Gasteiger partial charge is 0.456 e. The SMILES string of the molecule is C=C(C)c1cccc(C(C)C)c1N1C(=O)c2cc3oc4ccccc4c4ccccc4oc4cc(C(C)Nc5c(C(C)C)cccc5C(C)C)c5c(C(C)=O)cc6oc7ccccc7c7ccccc7oc7cc(c2c2c3c4c5c6c72)C1O. The molecule has 2 N–H and O–H groups in total. The second kappa shape index (κ2) is 19.4. The van der Waals surface area contributed by atoms with E-state index in [4.69, 9.17) is 17.7 Å². The molecule has 1 amide bonds. The van der Waals surface area contributed by atoms with E-state index in [1.54, 1.807) is 6.92 Å². The van der Waals surface area contributed by atoms with Crippen molar-refractivity contribution in [2.24, 2.45) is 0 Å². The molecule has 1 aliphatic heterocycles. The molecular weight excluding hydrogens is 1030 g/mol. The number of para-hydroxylation sites is 6. The number of aliphatic hydroxyl groups is 1. The van der Waals surface area contributed by atoms with E-state index in [0.717, 1.165) is 49.5 Å². The first kappa shape index (κ1) is 51.7. The van der Waals surface area contributed by atoms with E-state index < -0.39 is 18.2 Å². The van der Waals surface area contributed by atoms with Crippen molar-refractivity contribution >= 4 is 138 Å². The summed E-state index contributed by atoms with van der Waals surface area (Å²) in [6.45, 7) is 23.1. The number of rotatable bonds is 9. The number of carbonyl (C=O) groups is 2. The predicted octanol–water partition coefficient (Wildman–Crippen LogP) is 20.7. The molecule has 0 spiro atoms. The molecule has 83 heavy (non-hydrogen) atoms. The van der Waals surface area contributed by atoms with Crippen LogP contribution in [-0.2, 0) is 0 Å². The molecule has 9 nitrogen and oxygen atoms in total. The molecule has 0 aliphatic carbocycles. The lowest BCUT2D eigenvalue weighted by molar-refractivity contribution is 0.0877. The van der Waals surface area contributed by atoms with E-state index >= 15 is 4.79 Å². The number of aliphatic hydroxyl groups excluding tert-OH is 1. The molecule has 2 atom stereocenters. The van der Waals surface area contributed by atoms with Crippen molar-refractivity contribution in [3.05, 3.63) is 209 Å². The third-order valence-corrected chi connectivity index (χ3v) is 17.2. The lowest BCUT2D eigenvalue weighted by Crippen LogP contribution is -2.39. The van der Waals surface area contributed by atoms with E-state index in [2.05, 4.69) is 84.6 Å². The van der Waals surface area contributed by atoms with Gasteiger partial charge in [-0.3, -0.25) is 14.5 Å². The number of anilines is 2. The van der Waals surface area contributed by atoms with Crippen molar-refractivity contribution in [1.82, 2.24) is 0 Å². The van der Waals surface area contributed by atoms with Crippen LogP contribution in [0, 0.1) is 0 Å². The van der Waals surface area contributed by atoms with Crippen LogP contribution < -0.4 is 10.2 Å². The Labute approximate surface area is 479 Å². The summed E-state index contributed by atoms with van der Waals surface area (Å²) in [5.74, 6) is -0.217. The van der Waals surface area contributed by atoms with Crippen molar-refractivity contribution in [1.29, 1.82) is 0 Å². The third kappa shape index (κ3) is 7.85. The molecule has 14 rings (SSSR count). The van der Waals surface area contributed by atoms with Gasteiger partial charge in [0.15, 0.2) is 12.0 Å². The number of nitrogens with zero attached hydrogens (tertiary/aromatic N) is 1. The quantitative estimate of drug-likeness (QED) is 0.0833. The predicted molar refractivity (Wildman–Crippen MR) is 341 cm³/mol. The topological polar surface area (TPSA) is 122 Å². The molecule has 1 aliphatic rings. The Morgan fingerprint density at radius 1 is 0.470 bits per heavy atom. The van der Waals surface area contributed by atoms with E-state index in [1.807, 2.05) is 140 Å². The third-order valence-electron chi connectivity index (χ3n) is 17.2. The number of allylic oxidation sites excluding steroid dienone is 1. The van der Waals surface area contributed by atoms with Crippen LogP contribution in [0.2, 0.25) is 0 Å². The molecule has 0 radical (unpaired) electrons. The van der Waals surface area contributed by atoms with Gasteiger partial charge in [-0.25, -0.2) is 0 Å². The molecular formula is C74H62N2O7. The van der Waals surface area contributed by atoms with Crippen LogP contribution in [0.25, 0.3) is 115 Å². The first-order valence-corrected chi connectivity index (χ1v) is 28.7. The van der Waals surface area contributed by atoms with Crippen LogP contribution in [0.15, 0.2) is 182 Å². The van der Waals surface area contributed by atoms with E-state index in [1.165, 1.54) is 16.0 Å². The summed E-state index contributed by atoms with van der Waals surface area (Å²) in [7, 11) is 0. The lowest BCUT2D eigenvalue weighted by atomic mass is 9.80. The van der Waals surface area contributed by atoms with E-state index in [9.17, 15) is 9.90 Å². The average molecular weight is 1090 g/mol. The highest BCUT2D eigenvalue weighted by Crippen LogP contribution is 2.55. The number of hydrogen-bond donors (Lipinski definition) is 2. The van der Waals surface area contributed by atoms with Crippen molar-refractivity contribution in [3.63, 3.8) is 0 Å². The number of nitrogens with one attached hydrogen (secondary N) is 1. The number of Topliss-reactive ketones (excluding diaryl/α,β-unsaturated/α-hetero) is 1. The van der Waals surface area contributed by atoms with Crippen molar-refractivity contribution in [3.8, 4) is 0 Å². The van der Waals surface area contributed by atoms with Gasteiger partial charge in [-0.1, -0.05) is 157 Å². The molecule has 9 heteroatoms. The minimum atomic E-state index is -1.51. The van der Waals surface area contributed by atoms with Gasteiger partial charge in [0.1, 0.15) is 44.7 Å². The van der Waals surface area contributed by atoms with Crippen LogP contribution in [0.4, 0.5) is 11.4 Å². The molecule has 0 saturated carbocycles. The first-order valence-electron chi connectivity index (χ1n) is 28.7. The summed E-state index contributed by atoms with van der Waals surface area (Å²) in [5.41, 5.74) is 12.2. The zero-order chi connectivity index (χ0) is 57.4. The number of fused-ring (bicyclic) bond motifs is 6. The maximum absolute atomic E-state index is 16.3. The molecule has 11 aromatic carbocycles. The Morgan fingerprint density at radius 3 is 1.36 bits per heavy atom. The number of hydrogen-bond acceptors (Lipinski definition) is 8. The van der Waals surface area contributed by atoms with Crippen molar-refractivity contribution in [2.45, 2.75) is 92.3 Å². The monoisotopic (exact) mass is 1090 g/mol. The molecule has 0 bridgehead atoms. The second-order valence-corrected chi connectivity index (χ2v) is 23.4. The van der Waals surface area contributed by atoms with Gasteiger partial charge in [0.05, 0.1) is 11.3 Å². The zero-order valence-electron chi connectivity index (χ0n) is 47.9. The fraction of sp³-hybridized carbons (Fsp3) is 0.189.